The van der Waals surface area contributed by atoms with E-state index in [2.05, 4.69) is 5.32 Å². The van der Waals surface area contributed by atoms with E-state index in [9.17, 15) is 19.8 Å². The Labute approximate surface area is 145 Å². The fourth-order valence-electron chi connectivity index (χ4n) is 3.49. The van der Waals surface area contributed by atoms with Crippen molar-refractivity contribution < 1.29 is 19.8 Å². The third kappa shape index (κ3) is 3.55. The van der Waals surface area contributed by atoms with Crippen molar-refractivity contribution in [3.63, 3.8) is 0 Å². The van der Waals surface area contributed by atoms with Crippen molar-refractivity contribution in [1.82, 2.24) is 5.32 Å². The second-order valence-corrected chi connectivity index (χ2v) is 7.01. The normalized spacial score (nSPS) is 30.0. The first-order valence-electron chi connectivity index (χ1n) is 8.13. The molecule has 1 aromatic carbocycles. The maximum Gasteiger partial charge on any atom is 0.227 e. The molecule has 0 aromatic heterocycles. The standard InChI is InChI=1S/C17H21ClN2O4/c18-12-1-3-14(4-2-12)20-8-10(6-16(20)23)17(24)19-13-5-11(9-21)15(22)7-13/h1-4,10-11,13,15,21-22H,5-9H2,(H,19,24)/t10-,11-,13-,15-/m0/s1. The second kappa shape index (κ2) is 7.09. The molecule has 1 aromatic rings. The zero-order chi connectivity index (χ0) is 17.3. The summed E-state index contributed by atoms with van der Waals surface area (Å²) in [6, 6.07) is 6.81. The Balaban J connectivity index is 1.59. The summed E-state index contributed by atoms with van der Waals surface area (Å²) in [6.07, 6.45) is 0.590. The van der Waals surface area contributed by atoms with E-state index in [0.717, 1.165) is 5.69 Å². The van der Waals surface area contributed by atoms with Gasteiger partial charge in [0.1, 0.15) is 0 Å². The highest BCUT2D eigenvalue weighted by Crippen LogP contribution is 2.29. The lowest BCUT2D eigenvalue weighted by atomic mass is 10.1. The van der Waals surface area contributed by atoms with E-state index in [1.54, 1.807) is 29.2 Å². The van der Waals surface area contributed by atoms with Crippen LogP contribution in [0.4, 0.5) is 5.69 Å². The van der Waals surface area contributed by atoms with Crippen LogP contribution in [0.5, 0.6) is 0 Å². The van der Waals surface area contributed by atoms with Crippen molar-refractivity contribution in [2.45, 2.75) is 31.4 Å². The van der Waals surface area contributed by atoms with Gasteiger partial charge in [0.25, 0.3) is 0 Å². The van der Waals surface area contributed by atoms with E-state index in [4.69, 9.17) is 11.6 Å². The van der Waals surface area contributed by atoms with Crippen molar-refractivity contribution in [3.8, 4) is 0 Å². The Bertz CT molecular complexity index is 622. The third-order valence-corrected chi connectivity index (χ3v) is 5.12. The topological polar surface area (TPSA) is 89.9 Å². The number of anilines is 1. The summed E-state index contributed by atoms with van der Waals surface area (Å²) in [5.74, 6) is -0.850. The van der Waals surface area contributed by atoms with Crippen LogP contribution in [-0.4, -0.2) is 47.3 Å². The lowest BCUT2D eigenvalue weighted by Gasteiger charge is -2.18. The van der Waals surface area contributed by atoms with Gasteiger partial charge in [0.05, 0.1) is 12.0 Å². The van der Waals surface area contributed by atoms with Gasteiger partial charge < -0.3 is 20.4 Å². The van der Waals surface area contributed by atoms with E-state index >= 15 is 0 Å². The summed E-state index contributed by atoms with van der Waals surface area (Å²) >= 11 is 5.86. The molecule has 2 fully saturated rings. The van der Waals surface area contributed by atoms with Crippen LogP contribution in [0.15, 0.2) is 24.3 Å². The minimum absolute atomic E-state index is 0.0835. The van der Waals surface area contributed by atoms with Crippen LogP contribution in [0.2, 0.25) is 5.02 Å². The number of amides is 2. The molecular weight excluding hydrogens is 332 g/mol. The molecule has 1 heterocycles. The molecule has 1 aliphatic carbocycles. The first kappa shape index (κ1) is 17.2. The number of aliphatic hydroxyl groups excluding tert-OH is 2. The van der Waals surface area contributed by atoms with Gasteiger partial charge in [0.2, 0.25) is 11.8 Å². The summed E-state index contributed by atoms with van der Waals surface area (Å²) in [5.41, 5.74) is 0.733. The molecule has 6 nitrogen and oxygen atoms in total. The Kier molecular flexibility index (Phi) is 5.08. The largest absolute Gasteiger partial charge is 0.396 e. The van der Waals surface area contributed by atoms with Gasteiger partial charge in [-0.05, 0) is 37.1 Å². The van der Waals surface area contributed by atoms with Crippen LogP contribution in [-0.2, 0) is 9.59 Å². The van der Waals surface area contributed by atoms with Gasteiger partial charge in [-0.1, -0.05) is 11.6 Å². The Hall–Kier alpha value is -1.63. The van der Waals surface area contributed by atoms with E-state index < -0.39 is 12.0 Å². The van der Waals surface area contributed by atoms with Gasteiger partial charge in [-0.15, -0.1) is 0 Å². The van der Waals surface area contributed by atoms with E-state index in [-0.39, 0.29) is 36.8 Å². The minimum Gasteiger partial charge on any atom is -0.396 e. The summed E-state index contributed by atoms with van der Waals surface area (Å²) < 4.78 is 0. The van der Waals surface area contributed by atoms with Crippen LogP contribution in [0.25, 0.3) is 0 Å². The smallest absolute Gasteiger partial charge is 0.227 e. The molecule has 130 valence electrons. The van der Waals surface area contributed by atoms with Crippen LogP contribution in [0, 0.1) is 11.8 Å². The highest BCUT2D eigenvalue weighted by atomic mass is 35.5. The number of carbonyl (C=O) groups is 2. The van der Waals surface area contributed by atoms with Crippen molar-refractivity contribution in [3.05, 3.63) is 29.3 Å². The quantitative estimate of drug-likeness (QED) is 0.752. The fraction of sp³-hybridized carbons (Fsp3) is 0.529. The summed E-state index contributed by atoms with van der Waals surface area (Å²) in [5, 5.41) is 22.5. The highest BCUT2D eigenvalue weighted by molar-refractivity contribution is 6.30. The summed E-state index contributed by atoms with van der Waals surface area (Å²) in [7, 11) is 0. The van der Waals surface area contributed by atoms with Gasteiger partial charge in [-0.3, -0.25) is 9.59 Å². The predicted octanol–water partition coefficient (Wildman–Crippen LogP) is 0.941. The van der Waals surface area contributed by atoms with Gasteiger partial charge in [0, 0.05) is 42.2 Å². The number of rotatable bonds is 4. The predicted molar refractivity (Wildman–Crippen MR) is 89.7 cm³/mol. The molecule has 3 rings (SSSR count). The number of benzene rings is 1. The maximum absolute atomic E-state index is 12.4. The molecule has 1 aliphatic heterocycles. The monoisotopic (exact) mass is 352 g/mol. The SMILES string of the molecule is O=C(N[C@H]1C[C@@H](CO)[C@@H](O)C1)[C@H]1CC(=O)N(c2ccc(Cl)cc2)C1. The van der Waals surface area contributed by atoms with Gasteiger partial charge >= 0.3 is 0 Å². The van der Waals surface area contributed by atoms with E-state index in [0.29, 0.717) is 24.4 Å². The number of aliphatic hydroxyl groups is 2. The lowest BCUT2D eigenvalue weighted by Crippen LogP contribution is -2.39. The third-order valence-electron chi connectivity index (χ3n) is 4.87. The number of halogens is 1. The molecule has 0 radical (unpaired) electrons. The van der Waals surface area contributed by atoms with Crippen molar-refractivity contribution in [2.75, 3.05) is 18.1 Å². The number of hydrogen-bond donors (Lipinski definition) is 3. The number of hydrogen-bond acceptors (Lipinski definition) is 4. The average Bonchev–Trinajstić information content (AvgIpc) is 3.11. The van der Waals surface area contributed by atoms with E-state index in [1.807, 2.05) is 0 Å². The molecule has 7 heteroatoms. The molecule has 2 aliphatic rings. The van der Waals surface area contributed by atoms with Gasteiger partial charge in [-0.25, -0.2) is 0 Å². The first-order chi connectivity index (χ1) is 11.5. The summed E-state index contributed by atoms with van der Waals surface area (Å²) in [4.78, 5) is 26.2. The molecule has 4 atom stereocenters. The second-order valence-electron chi connectivity index (χ2n) is 6.57. The minimum atomic E-state index is -0.587. The van der Waals surface area contributed by atoms with Crippen LogP contribution >= 0.6 is 11.6 Å². The molecule has 0 unspecified atom stereocenters. The average molecular weight is 353 g/mol. The maximum atomic E-state index is 12.4. The van der Waals surface area contributed by atoms with Gasteiger partial charge in [-0.2, -0.15) is 0 Å². The molecule has 24 heavy (non-hydrogen) atoms. The fourth-order valence-corrected chi connectivity index (χ4v) is 3.62. The van der Waals surface area contributed by atoms with E-state index in [1.165, 1.54) is 0 Å². The number of carbonyl (C=O) groups excluding carboxylic acids is 2. The lowest BCUT2D eigenvalue weighted by molar-refractivity contribution is -0.126. The zero-order valence-electron chi connectivity index (χ0n) is 13.2. The Morgan fingerprint density at radius 2 is 2.00 bits per heavy atom. The number of nitrogens with zero attached hydrogens (tertiary/aromatic N) is 1. The summed E-state index contributed by atoms with van der Waals surface area (Å²) in [6.45, 7) is 0.255. The van der Waals surface area contributed by atoms with Crippen LogP contribution in [0.1, 0.15) is 19.3 Å². The van der Waals surface area contributed by atoms with Crippen molar-refractivity contribution >= 4 is 29.1 Å². The van der Waals surface area contributed by atoms with Gasteiger partial charge in [0.15, 0.2) is 0 Å². The van der Waals surface area contributed by atoms with Crippen molar-refractivity contribution in [1.29, 1.82) is 0 Å². The Morgan fingerprint density at radius 3 is 2.62 bits per heavy atom. The highest BCUT2D eigenvalue weighted by Gasteiger charge is 2.38. The van der Waals surface area contributed by atoms with Crippen LogP contribution < -0.4 is 10.2 Å². The number of nitrogens with one attached hydrogen (secondary N) is 1. The molecule has 1 saturated heterocycles. The molecule has 0 spiro atoms. The van der Waals surface area contributed by atoms with Crippen molar-refractivity contribution in [2.24, 2.45) is 11.8 Å². The molecule has 0 bridgehead atoms. The zero-order valence-corrected chi connectivity index (χ0v) is 13.9. The first-order valence-corrected chi connectivity index (χ1v) is 8.51. The van der Waals surface area contributed by atoms with Crippen LogP contribution in [0.3, 0.4) is 0 Å². The molecule has 1 saturated carbocycles. The molecule has 2 amide bonds. The molecular formula is C17H21ClN2O4. The molecule has 3 N–H and O–H groups in total. The Morgan fingerprint density at radius 1 is 1.29 bits per heavy atom.